The Kier molecular flexibility index (Phi) is 8.28. The maximum Gasteiger partial charge on any atom is 0.222 e. The van der Waals surface area contributed by atoms with Gasteiger partial charge in [-0.3, -0.25) is 4.79 Å². The van der Waals surface area contributed by atoms with Crippen molar-refractivity contribution in [3.8, 4) is 5.75 Å². The number of amides is 1. The van der Waals surface area contributed by atoms with Gasteiger partial charge in [-0.25, -0.2) is 0 Å². The molecule has 1 aromatic carbocycles. The van der Waals surface area contributed by atoms with Gasteiger partial charge in [0, 0.05) is 19.5 Å². The minimum Gasteiger partial charge on any atom is -0.497 e. The number of methoxy groups -OCH3 is 1. The summed E-state index contributed by atoms with van der Waals surface area (Å²) in [5.41, 5.74) is 1.19. The Morgan fingerprint density at radius 2 is 1.91 bits per heavy atom. The smallest absolute Gasteiger partial charge is 0.222 e. The summed E-state index contributed by atoms with van der Waals surface area (Å²) in [4.78, 5) is 14.3. The third-order valence-electron chi connectivity index (χ3n) is 4.25. The lowest BCUT2D eigenvalue weighted by molar-refractivity contribution is -0.132. The van der Waals surface area contributed by atoms with Gasteiger partial charge >= 0.3 is 0 Å². The van der Waals surface area contributed by atoms with Crippen LogP contribution in [-0.2, 0) is 11.2 Å². The molecule has 1 aliphatic rings. The second-order valence-electron chi connectivity index (χ2n) is 5.73. The number of nitrogens with zero attached hydrogens (tertiary/aromatic N) is 1. The first-order chi connectivity index (χ1) is 10.2. The fourth-order valence-corrected chi connectivity index (χ4v) is 2.88. The molecule has 1 saturated heterocycles. The normalized spacial score (nSPS) is 15.3. The molecule has 0 unspecified atom stereocenters. The number of ether oxygens (including phenoxy) is 1. The number of piperidine rings is 1. The molecule has 0 aliphatic carbocycles. The molecule has 0 bridgehead atoms. The quantitative estimate of drug-likeness (QED) is 0.873. The van der Waals surface area contributed by atoms with E-state index >= 15 is 0 Å². The first kappa shape index (κ1) is 18.8. The SMILES string of the molecule is CNCC1CCN(C(=O)CCc2ccc(OC)cc2)CC1.Cl. The summed E-state index contributed by atoms with van der Waals surface area (Å²) < 4.78 is 5.14. The highest BCUT2D eigenvalue weighted by Gasteiger charge is 2.21. The summed E-state index contributed by atoms with van der Waals surface area (Å²) in [5, 5.41) is 3.22. The summed E-state index contributed by atoms with van der Waals surface area (Å²) in [6.07, 6.45) is 3.65. The molecule has 5 heteroatoms. The summed E-state index contributed by atoms with van der Waals surface area (Å²) >= 11 is 0. The number of aryl methyl sites for hydroxylation is 1. The first-order valence-electron chi connectivity index (χ1n) is 7.78. The molecule has 0 atom stereocenters. The maximum absolute atomic E-state index is 12.2. The highest BCUT2D eigenvalue weighted by molar-refractivity contribution is 5.85. The molecule has 1 N–H and O–H groups in total. The van der Waals surface area contributed by atoms with Crippen LogP contribution in [0.3, 0.4) is 0 Å². The maximum atomic E-state index is 12.2. The number of carbonyl (C=O) groups excluding carboxylic acids is 1. The van der Waals surface area contributed by atoms with Gasteiger partial charge in [0.1, 0.15) is 5.75 Å². The minimum absolute atomic E-state index is 0. The van der Waals surface area contributed by atoms with Gasteiger partial charge in [-0.05, 0) is 56.5 Å². The van der Waals surface area contributed by atoms with Crippen LogP contribution in [-0.4, -0.2) is 44.6 Å². The van der Waals surface area contributed by atoms with Gasteiger partial charge in [0.15, 0.2) is 0 Å². The molecule has 124 valence electrons. The van der Waals surface area contributed by atoms with Crippen molar-refractivity contribution in [2.75, 3.05) is 33.8 Å². The molecule has 1 amide bonds. The van der Waals surface area contributed by atoms with Crippen molar-refractivity contribution in [2.24, 2.45) is 5.92 Å². The minimum atomic E-state index is 0. The van der Waals surface area contributed by atoms with Crippen LogP contribution in [0.2, 0.25) is 0 Å². The zero-order chi connectivity index (χ0) is 15.1. The predicted molar refractivity (Wildman–Crippen MR) is 91.8 cm³/mol. The fourth-order valence-electron chi connectivity index (χ4n) is 2.88. The molecule has 1 fully saturated rings. The van der Waals surface area contributed by atoms with E-state index in [9.17, 15) is 4.79 Å². The van der Waals surface area contributed by atoms with Gasteiger partial charge in [-0.1, -0.05) is 12.1 Å². The van der Waals surface area contributed by atoms with Gasteiger partial charge in [0.25, 0.3) is 0 Å². The molecule has 1 aliphatic heterocycles. The Labute approximate surface area is 139 Å². The lowest BCUT2D eigenvalue weighted by Gasteiger charge is -2.32. The van der Waals surface area contributed by atoms with Crippen molar-refractivity contribution >= 4 is 18.3 Å². The number of benzene rings is 1. The number of nitrogens with one attached hydrogen (secondary N) is 1. The van der Waals surface area contributed by atoms with Crippen molar-refractivity contribution < 1.29 is 9.53 Å². The molecule has 22 heavy (non-hydrogen) atoms. The zero-order valence-corrected chi connectivity index (χ0v) is 14.3. The van der Waals surface area contributed by atoms with E-state index in [0.717, 1.165) is 50.6 Å². The lowest BCUT2D eigenvalue weighted by Crippen LogP contribution is -2.40. The third kappa shape index (κ3) is 5.50. The van der Waals surface area contributed by atoms with Gasteiger partial charge in [0.2, 0.25) is 5.91 Å². The number of carbonyl (C=O) groups is 1. The molecule has 0 radical (unpaired) electrons. The van der Waals surface area contributed by atoms with E-state index in [2.05, 4.69) is 5.32 Å². The van der Waals surface area contributed by atoms with E-state index in [1.807, 2.05) is 36.2 Å². The van der Waals surface area contributed by atoms with Crippen molar-refractivity contribution in [1.29, 1.82) is 0 Å². The summed E-state index contributed by atoms with van der Waals surface area (Å²) in [7, 11) is 3.66. The standard InChI is InChI=1S/C17H26N2O2.ClH/c1-18-13-15-9-11-19(12-10-15)17(20)8-5-14-3-6-16(21-2)7-4-14;/h3-4,6-7,15,18H,5,8-13H2,1-2H3;1H. The first-order valence-corrected chi connectivity index (χ1v) is 7.78. The monoisotopic (exact) mass is 326 g/mol. The zero-order valence-electron chi connectivity index (χ0n) is 13.5. The highest BCUT2D eigenvalue weighted by atomic mass is 35.5. The second kappa shape index (κ2) is 9.70. The fraction of sp³-hybridized carbons (Fsp3) is 0.588. The summed E-state index contributed by atoms with van der Waals surface area (Å²) in [6, 6.07) is 7.96. The van der Waals surface area contributed by atoms with E-state index in [4.69, 9.17) is 4.74 Å². The number of hydrogen-bond donors (Lipinski definition) is 1. The van der Waals surface area contributed by atoms with Gasteiger partial charge < -0.3 is 15.0 Å². The number of likely N-dealkylation sites (tertiary alicyclic amines) is 1. The average Bonchev–Trinajstić information content (AvgIpc) is 2.54. The van der Waals surface area contributed by atoms with E-state index in [0.29, 0.717) is 6.42 Å². The van der Waals surface area contributed by atoms with E-state index in [1.165, 1.54) is 5.56 Å². The van der Waals surface area contributed by atoms with Crippen LogP contribution in [0.5, 0.6) is 5.75 Å². The number of rotatable bonds is 6. The molecule has 0 saturated carbocycles. The highest BCUT2D eigenvalue weighted by Crippen LogP contribution is 2.18. The van der Waals surface area contributed by atoms with Crippen LogP contribution in [0.1, 0.15) is 24.8 Å². The van der Waals surface area contributed by atoms with Gasteiger partial charge in [0.05, 0.1) is 7.11 Å². The molecule has 1 heterocycles. The van der Waals surface area contributed by atoms with Gasteiger partial charge in [-0.15, -0.1) is 12.4 Å². The van der Waals surface area contributed by atoms with Crippen molar-refractivity contribution in [1.82, 2.24) is 10.2 Å². The van der Waals surface area contributed by atoms with E-state index in [1.54, 1.807) is 7.11 Å². The average molecular weight is 327 g/mol. The topological polar surface area (TPSA) is 41.6 Å². The Morgan fingerprint density at radius 1 is 1.27 bits per heavy atom. The predicted octanol–water partition coefficient (Wildman–Crippen LogP) is 2.51. The number of hydrogen-bond acceptors (Lipinski definition) is 3. The van der Waals surface area contributed by atoms with Crippen molar-refractivity contribution in [3.05, 3.63) is 29.8 Å². The van der Waals surface area contributed by atoms with Gasteiger partial charge in [-0.2, -0.15) is 0 Å². The summed E-state index contributed by atoms with van der Waals surface area (Å²) in [5.74, 6) is 1.87. The van der Waals surface area contributed by atoms with Crippen LogP contribution in [0.4, 0.5) is 0 Å². The van der Waals surface area contributed by atoms with Crippen molar-refractivity contribution in [2.45, 2.75) is 25.7 Å². The lowest BCUT2D eigenvalue weighted by atomic mass is 9.96. The third-order valence-corrected chi connectivity index (χ3v) is 4.25. The van der Waals surface area contributed by atoms with Crippen molar-refractivity contribution in [3.63, 3.8) is 0 Å². The molecule has 4 nitrogen and oxygen atoms in total. The molecule has 1 aromatic rings. The van der Waals surface area contributed by atoms with Crippen LogP contribution < -0.4 is 10.1 Å². The number of halogens is 1. The second-order valence-corrected chi connectivity index (χ2v) is 5.73. The largest absolute Gasteiger partial charge is 0.497 e. The molecular formula is C17H27ClN2O2. The molecule has 0 aromatic heterocycles. The molecule has 0 spiro atoms. The summed E-state index contributed by atoms with van der Waals surface area (Å²) in [6.45, 7) is 2.88. The van der Waals surface area contributed by atoms with Crippen LogP contribution in [0, 0.1) is 5.92 Å². The Morgan fingerprint density at radius 3 is 2.45 bits per heavy atom. The van der Waals surface area contributed by atoms with Crippen LogP contribution in [0.25, 0.3) is 0 Å². The van der Waals surface area contributed by atoms with Crippen LogP contribution >= 0.6 is 12.4 Å². The van der Waals surface area contributed by atoms with E-state index < -0.39 is 0 Å². The van der Waals surface area contributed by atoms with E-state index in [-0.39, 0.29) is 18.3 Å². The Bertz CT molecular complexity index is 442. The molecular weight excluding hydrogens is 300 g/mol. The molecule has 2 rings (SSSR count). The van der Waals surface area contributed by atoms with Crippen LogP contribution in [0.15, 0.2) is 24.3 Å². The Balaban J connectivity index is 0.00000242. The Hall–Kier alpha value is -1.26.